The van der Waals surface area contributed by atoms with Gasteiger partial charge in [-0.3, -0.25) is 0 Å². The van der Waals surface area contributed by atoms with Crippen molar-refractivity contribution in [3.8, 4) is 22.5 Å². The Kier molecular flexibility index (Phi) is 7.28. The third-order valence-corrected chi connectivity index (χ3v) is 7.01. The van der Waals surface area contributed by atoms with Crippen LogP contribution >= 0.6 is 0 Å². The van der Waals surface area contributed by atoms with Crippen molar-refractivity contribution in [3.63, 3.8) is 0 Å². The number of H-pyrrole nitrogens is 1. The quantitative estimate of drug-likeness (QED) is 0.337. The standard InChI is InChI=1S/C27H34N8/c1-2-3-4-9-25-29-27(21-14-16-22(28)17-15-21)35(32-25)18-19-10-12-20(13-11-19)23-7-5-6-8-24(23)26-30-33-34-31-26/h5-8,10-13,21-22H,2-4,9,14-18,28H2,1H3,(H,30,31,33,34). The normalized spacial score (nSPS) is 18.1. The largest absolute Gasteiger partial charge is 0.328 e. The van der Waals surface area contributed by atoms with Crippen molar-refractivity contribution in [2.24, 2.45) is 5.73 Å². The van der Waals surface area contributed by atoms with Gasteiger partial charge in [0.15, 0.2) is 11.6 Å². The third-order valence-electron chi connectivity index (χ3n) is 7.01. The summed E-state index contributed by atoms with van der Waals surface area (Å²) in [6, 6.07) is 17.2. The van der Waals surface area contributed by atoms with Crippen LogP contribution in [0.25, 0.3) is 22.5 Å². The minimum atomic E-state index is 0.329. The van der Waals surface area contributed by atoms with Crippen LogP contribution in [-0.2, 0) is 13.0 Å². The number of unbranched alkanes of at least 4 members (excludes halogenated alkanes) is 2. The Bertz CT molecular complexity index is 1200. The highest BCUT2D eigenvalue weighted by atomic mass is 15.5. The van der Waals surface area contributed by atoms with E-state index in [9.17, 15) is 0 Å². The molecular formula is C27H34N8. The fraction of sp³-hybridized carbons (Fsp3) is 0.444. The Morgan fingerprint density at radius 3 is 2.46 bits per heavy atom. The zero-order chi connectivity index (χ0) is 24.0. The van der Waals surface area contributed by atoms with E-state index in [0.29, 0.717) is 17.8 Å². The third kappa shape index (κ3) is 5.48. The number of aromatic nitrogens is 7. The Morgan fingerprint density at radius 1 is 0.971 bits per heavy atom. The molecule has 0 bridgehead atoms. The van der Waals surface area contributed by atoms with Gasteiger partial charge < -0.3 is 5.73 Å². The summed E-state index contributed by atoms with van der Waals surface area (Å²) in [6.45, 7) is 2.96. The number of tetrazole rings is 1. The number of aromatic amines is 1. The molecule has 2 aromatic carbocycles. The SMILES string of the molecule is CCCCCc1nc(C2CCC(N)CC2)n(Cc2ccc(-c3ccccc3-c3nnn[nH]3)cc2)n1. The smallest absolute Gasteiger partial charge is 0.180 e. The van der Waals surface area contributed by atoms with Crippen molar-refractivity contribution in [3.05, 3.63) is 65.7 Å². The van der Waals surface area contributed by atoms with Crippen molar-refractivity contribution in [2.75, 3.05) is 0 Å². The van der Waals surface area contributed by atoms with Gasteiger partial charge in [0.1, 0.15) is 5.82 Å². The van der Waals surface area contributed by atoms with E-state index in [2.05, 4.69) is 62.6 Å². The molecular weight excluding hydrogens is 436 g/mol. The first-order valence-corrected chi connectivity index (χ1v) is 12.8. The first-order valence-electron chi connectivity index (χ1n) is 12.8. The van der Waals surface area contributed by atoms with Gasteiger partial charge in [-0.15, -0.1) is 5.10 Å². The van der Waals surface area contributed by atoms with Crippen LogP contribution in [0.2, 0.25) is 0 Å². The summed E-state index contributed by atoms with van der Waals surface area (Å²) in [5.41, 5.74) is 10.6. The van der Waals surface area contributed by atoms with E-state index in [1.54, 1.807) is 0 Å². The van der Waals surface area contributed by atoms with E-state index in [4.69, 9.17) is 15.8 Å². The van der Waals surface area contributed by atoms with Gasteiger partial charge in [0, 0.05) is 23.9 Å². The second-order valence-electron chi connectivity index (χ2n) is 9.61. The first-order chi connectivity index (χ1) is 17.2. The summed E-state index contributed by atoms with van der Waals surface area (Å²) in [6.07, 6.45) is 8.85. The van der Waals surface area contributed by atoms with Crippen molar-refractivity contribution in [1.82, 2.24) is 35.4 Å². The van der Waals surface area contributed by atoms with Gasteiger partial charge >= 0.3 is 0 Å². The van der Waals surface area contributed by atoms with Crippen molar-refractivity contribution >= 4 is 0 Å². The topological polar surface area (TPSA) is 111 Å². The highest BCUT2D eigenvalue weighted by Gasteiger charge is 2.25. The van der Waals surface area contributed by atoms with Crippen molar-refractivity contribution in [1.29, 1.82) is 0 Å². The maximum atomic E-state index is 6.17. The fourth-order valence-corrected chi connectivity index (χ4v) is 5.01. The molecule has 0 amide bonds. The predicted octanol–water partition coefficient (Wildman–Crippen LogP) is 4.89. The van der Waals surface area contributed by atoms with Crippen molar-refractivity contribution < 1.29 is 0 Å². The van der Waals surface area contributed by atoms with Crippen LogP contribution in [0.3, 0.4) is 0 Å². The molecule has 1 aliphatic rings. The number of hydrogen-bond acceptors (Lipinski definition) is 6. The lowest BCUT2D eigenvalue weighted by Crippen LogP contribution is -2.27. The summed E-state index contributed by atoms with van der Waals surface area (Å²) >= 11 is 0. The number of hydrogen-bond donors (Lipinski definition) is 2. The molecule has 0 radical (unpaired) electrons. The van der Waals surface area contributed by atoms with Gasteiger partial charge in [-0.25, -0.2) is 14.8 Å². The van der Waals surface area contributed by atoms with E-state index in [1.807, 2.05) is 18.2 Å². The summed E-state index contributed by atoms with van der Waals surface area (Å²) < 4.78 is 2.14. The zero-order valence-electron chi connectivity index (χ0n) is 20.4. The van der Waals surface area contributed by atoms with Crippen LogP contribution in [0.1, 0.15) is 75.0 Å². The molecule has 182 valence electrons. The molecule has 1 aliphatic carbocycles. The summed E-state index contributed by atoms with van der Waals surface area (Å²) in [4.78, 5) is 5.02. The number of nitrogens with one attached hydrogen (secondary N) is 1. The predicted molar refractivity (Wildman–Crippen MR) is 137 cm³/mol. The Morgan fingerprint density at radius 2 is 1.74 bits per heavy atom. The van der Waals surface area contributed by atoms with Gasteiger partial charge in [0.05, 0.1) is 6.54 Å². The molecule has 8 heteroatoms. The lowest BCUT2D eigenvalue weighted by Gasteiger charge is -2.25. The minimum Gasteiger partial charge on any atom is -0.328 e. The number of benzene rings is 2. The van der Waals surface area contributed by atoms with Gasteiger partial charge in [-0.2, -0.15) is 5.10 Å². The average molecular weight is 471 g/mol. The fourth-order valence-electron chi connectivity index (χ4n) is 5.01. The number of nitrogens with two attached hydrogens (primary N) is 1. The monoisotopic (exact) mass is 470 g/mol. The minimum absolute atomic E-state index is 0.329. The first kappa shape index (κ1) is 23.4. The van der Waals surface area contributed by atoms with E-state index in [1.165, 1.54) is 18.4 Å². The second-order valence-corrected chi connectivity index (χ2v) is 9.61. The summed E-state index contributed by atoms with van der Waals surface area (Å²) in [5, 5.41) is 19.4. The zero-order valence-corrected chi connectivity index (χ0v) is 20.4. The molecule has 35 heavy (non-hydrogen) atoms. The lowest BCUT2D eigenvalue weighted by molar-refractivity contribution is 0.374. The highest BCUT2D eigenvalue weighted by molar-refractivity contribution is 5.80. The maximum absolute atomic E-state index is 6.17. The molecule has 1 saturated carbocycles. The number of nitrogens with zero attached hydrogens (tertiary/aromatic N) is 6. The molecule has 1 fully saturated rings. The molecule has 8 nitrogen and oxygen atoms in total. The van der Waals surface area contributed by atoms with E-state index in [0.717, 1.165) is 73.4 Å². The lowest BCUT2D eigenvalue weighted by atomic mass is 9.86. The molecule has 0 aliphatic heterocycles. The summed E-state index contributed by atoms with van der Waals surface area (Å²) in [5.74, 6) is 3.23. The van der Waals surface area contributed by atoms with Crippen LogP contribution in [-0.4, -0.2) is 41.4 Å². The van der Waals surface area contributed by atoms with Gasteiger partial charge in [0.25, 0.3) is 0 Å². The number of aryl methyl sites for hydroxylation is 1. The molecule has 0 saturated heterocycles. The second kappa shape index (κ2) is 10.9. The van der Waals surface area contributed by atoms with Crippen LogP contribution in [0.5, 0.6) is 0 Å². The summed E-state index contributed by atoms with van der Waals surface area (Å²) in [7, 11) is 0. The molecule has 0 spiro atoms. The van der Waals surface area contributed by atoms with Gasteiger partial charge in [-0.05, 0) is 59.2 Å². The molecule has 2 aromatic heterocycles. The molecule has 2 heterocycles. The molecule has 0 unspecified atom stereocenters. The molecule has 3 N–H and O–H groups in total. The Hall–Kier alpha value is -3.39. The van der Waals surface area contributed by atoms with Crippen molar-refractivity contribution in [2.45, 2.75) is 76.8 Å². The Balaban J connectivity index is 1.37. The molecule has 0 atom stereocenters. The average Bonchev–Trinajstić information content (AvgIpc) is 3.56. The number of rotatable bonds is 9. The van der Waals surface area contributed by atoms with E-state index < -0.39 is 0 Å². The molecule has 5 rings (SSSR count). The van der Waals surface area contributed by atoms with E-state index in [-0.39, 0.29) is 0 Å². The van der Waals surface area contributed by atoms with E-state index >= 15 is 0 Å². The van der Waals surface area contributed by atoms with Crippen LogP contribution in [0.4, 0.5) is 0 Å². The van der Waals surface area contributed by atoms with Crippen LogP contribution < -0.4 is 5.73 Å². The highest BCUT2D eigenvalue weighted by Crippen LogP contribution is 2.32. The van der Waals surface area contributed by atoms with Crippen LogP contribution in [0.15, 0.2) is 48.5 Å². The van der Waals surface area contributed by atoms with Gasteiger partial charge in [0.2, 0.25) is 0 Å². The van der Waals surface area contributed by atoms with Crippen LogP contribution in [0, 0.1) is 0 Å². The maximum Gasteiger partial charge on any atom is 0.180 e. The Labute approximate surface area is 206 Å². The molecule has 4 aromatic rings. The van der Waals surface area contributed by atoms with Gasteiger partial charge in [-0.1, -0.05) is 68.3 Å².